The van der Waals surface area contributed by atoms with E-state index in [9.17, 15) is 9.59 Å². The molecule has 0 radical (unpaired) electrons. The minimum atomic E-state index is -0.962. The Kier molecular flexibility index (Phi) is 6.69. The zero-order valence-electron chi connectivity index (χ0n) is 12.8. The largest absolute Gasteiger partial charge is 0.462 e. The van der Waals surface area contributed by atoms with E-state index in [0.29, 0.717) is 5.02 Å². The van der Waals surface area contributed by atoms with E-state index in [2.05, 4.69) is 0 Å². The van der Waals surface area contributed by atoms with Crippen LogP contribution in [0.4, 0.5) is 0 Å². The van der Waals surface area contributed by atoms with Gasteiger partial charge in [-0.15, -0.1) is 0 Å². The first-order valence-electron chi connectivity index (χ1n) is 6.95. The van der Waals surface area contributed by atoms with Crippen molar-refractivity contribution in [2.45, 2.75) is 46.3 Å². The Hall–Kier alpha value is -1.55. The van der Waals surface area contributed by atoms with E-state index in [4.69, 9.17) is 21.1 Å². The third kappa shape index (κ3) is 6.17. The number of halogens is 1. The van der Waals surface area contributed by atoms with Crippen molar-refractivity contribution in [3.05, 3.63) is 34.9 Å². The van der Waals surface area contributed by atoms with Gasteiger partial charge in [-0.1, -0.05) is 23.7 Å². The van der Waals surface area contributed by atoms with Crippen LogP contribution in [-0.2, 0) is 25.5 Å². The first-order valence-corrected chi connectivity index (χ1v) is 7.32. The molecule has 1 aromatic carbocycles. The van der Waals surface area contributed by atoms with Crippen LogP contribution in [-0.4, -0.2) is 24.1 Å². The third-order valence-electron chi connectivity index (χ3n) is 2.63. The molecule has 0 unspecified atom stereocenters. The topological polar surface area (TPSA) is 52.6 Å². The number of carbonyl (C=O) groups excluding carboxylic acids is 2. The van der Waals surface area contributed by atoms with Crippen LogP contribution in [0.15, 0.2) is 24.3 Å². The molecule has 0 aliphatic heterocycles. The highest BCUT2D eigenvalue weighted by molar-refractivity contribution is 6.30. The minimum absolute atomic E-state index is 0.230. The number of rotatable bonds is 6. The second-order valence-corrected chi connectivity index (χ2v) is 5.79. The SMILES string of the molecule is CC(C)OC(=O)C(Cc1ccc(Cl)cc1)C(=O)OC(C)C. The second kappa shape index (κ2) is 8.03. The average molecular weight is 313 g/mol. The molecule has 0 aliphatic rings. The van der Waals surface area contributed by atoms with Crippen LogP contribution in [0.5, 0.6) is 0 Å². The minimum Gasteiger partial charge on any atom is -0.462 e. The summed E-state index contributed by atoms with van der Waals surface area (Å²) in [5.74, 6) is -2.09. The Morgan fingerprint density at radius 2 is 1.38 bits per heavy atom. The van der Waals surface area contributed by atoms with Gasteiger partial charge in [-0.05, 0) is 51.8 Å². The van der Waals surface area contributed by atoms with Crippen LogP contribution >= 0.6 is 11.6 Å². The van der Waals surface area contributed by atoms with E-state index in [1.807, 2.05) is 0 Å². The van der Waals surface area contributed by atoms with E-state index < -0.39 is 17.9 Å². The number of hydrogen-bond donors (Lipinski definition) is 0. The van der Waals surface area contributed by atoms with Gasteiger partial charge in [-0.3, -0.25) is 9.59 Å². The highest BCUT2D eigenvalue weighted by Gasteiger charge is 2.31. The van der Waals surface area contributed by atoms with Crippen LogP contribution in [0.3, 0.4) is 0 Å². The summed E-state index contributed by atoms with van der Waals surface area (Å²) in [4.78, 5) is 24.2. The molecule has 0 N–H and O–H groups in total. The molecule has 0 fully saturated rings. The molecule has 5 heteroatoms. The molecule has 0 bridgehead atoms. The van der Waals surface area contributed by atoms with Gasteiger partial charge < -0.3 is 9.47 Å². The summed E-state index contributed by atoms with van der Waals surface area (Å²) >= 11 is 5.83. The van der Waals surface area contributed by atoms with Crippen molar-refractivity contribution < 1.29 is 19.1 Å². The normalized spacial score (nSPS) is 11.0. The maximum absolute atomic E-state index is 12.1. The van der Waals surface area contributed by atoms with Gasteiger partial charge in [0.05, 0.1) is 12.2 Å². The van der Waals surface area contributed by atoms with E-state index >= 15 is 0 Å². The smallest absolute Gasteiger partial charge is 0.320 e. The lowest BCUT2D eigenvalue weighted by molar-refractivity contribution is -0.166. The molecule has 0 amide bonds. The molecule has 0 spiro atoms. The van der Waals surface area contributed by atoms with E-state index in [1.54, 1.807) is 52.0 Å². The summed E-state index contributed by atoms with van der Waals surface area (Å²) in [6.45, 7) is 6.96. The summed E-state index contributed by atoms with van der Waals surface area (Å²) in [7, 11) is 0. The zero-order valence-corrected chi connectivity index (χ0v) is 13.5. The molecule has 0 atom stereocenters. The van der Waals surface area contributed by atoms with Gasteiger partial charge in [-0.2, -0.15) is 0 Å². The molecule has 0 heterocycles. The maximum atomic E-state index is 12.1. The molecule has 0 saturated heterocycles. The van der Waals surface area contributed by atoms with Crippen molar-refractivity contribution in [2.24, 2.45) is 5.92 Å². The molecule has 21 heavy (non-hydrogen) atoms. The molecule has 4 nitrogen and oxygen atoms in total. The van der Waals surface area contributed by atoms with Gasteiger partial charge >= 0.3 is 11.9 Å². The molecular weight excluding hydrogens is 292 g/mol. The van der Waals surface area contributed by atoms with Crippen LogP contribution in [0, 0.1) is 5.92 Å². The molecule has 116 valence electrons. The van der Waals surface area contributed by atoms with Gasteiger partial charge in [-0.25, -0.2) is 0 Å². The predicted octanol–water partition coefficient (Wildman–Crippen LogP) is 3.40. The number of hydrogen-bond acceptors (Lipinski definition) is 4. The first kappa shape index (κ1) is 17.5. The molecular formula is C16H21ClO4. The average Bonchev–Trinajstić information content (AvgIpc) is 2.36. The Morgan fingerprint density at radius 1 is 0.952 bits per heavy atom. The third-order valence-corrected chi connectivity index (χ3v) is 2.88. The summed E-state index contributed by atoms with van der Waals surface area (Å²) in [5, 5.41) is 0.602. The molecule has 0 aromatic heterocycles. The summed E-state index contributed by atoms with van der Waals surface area (Å²) in [6, 6.07) is 6.99. The lowest BCUT2D eigenvalue weighted by Gasteiger charge is -2.18. The number of ether oxygens (including phenoxy) is 2. The van der Waals surface area contributed by atoms with Gasteiger partial charge in [0.2, 0.25) is 0 Å². The maximum Gasteiger partial charge on any atom is 0.320 e. The van der Waals surface area contributed by atoms with Gasteiger partial charge in [0, 0.05) is 5.02 Å². The van der Waals surface area contributed by atoms with Gasteiger partial charge in [0.25, 0.3) is 0 Å². The lowest BCUT2D eigenvalue weighted by Crippen LogP contribution is -2.32. The number of carbonyl (C=O) groups is 2. The fraction of sp³-hybridized carbons (Fsp3) is 0.500. The highest BCUT2D eigenvalue weighted by Crippen LogP contribution is 2.17. The molecule has 1 aromatic rings. The Labute approximate surface area is 130 Å². The van der Waals surface area contributed by atoms with Gasteiger partial charge in [0.15, 0.2) is 5.92 Å². The number of benzene rings is 1. The zero-order chi connectivity index (χ0) is 16.0. The fourth-order valence-electron chi connectivity index (χ4n) is 1.75. The Morgan fingerprint density at radius 3 is 1.76 bits per heavy atom. The Bertz CT molecular complexity index is 458. The van der Waals surface area contributed by atoms with Crippen molar-refractivity contribution in [1.29, 1.82) is 0 Å². The van der Waals surface area contributed by atoms with Crippen molar-refractivity contribution in [1.82, 2.24) is 0 Å². The first-order chi connectivity index (χ1) is 9.79. The van der Waals surface area contributed by atoms with Crippen LogP contribution in [0.2, 0.25) is 5.02 Å². The van der Waals surface area contributed by atoms with Crippen LogP contribution in [0.1, 0.15) is 33.3 Å². The monoisotopic (exact) mass is 312 g/mol. The van der Waals surface area contributed by atoms with Crippen LogP contribution < -0.4 is 0 Å². The van der Waals surface area contributed by atoms with Crippen molar-refractivity contribution >= 4 is 23.5 Å². The predicted molar refractivity (Wildman–Crippen MR) is 81.1 cm³/mol. The Balaban J connectivity index is 2.87. The molecule has 0 aliphatic carbocycles. The summed E-state index contributed by atoms with van der Waals surface area (Å²) < 4.78 is 10.3. The standard InChI is InChI=1S/C16H21ClO4/c1-10(2)20-15(18)14(16(19)21-11(3)4)9-12-5-7-13(17)8-6-12/h5-8,10-11,14H,9H2,1-4H3. The lowest BCUT2D eigenvalue weighted by atomic mass is 9.99. The molecule has 0 saturated carbocycles. The van der Waals surface area contributed by atoms with Crippen molar-refractivity contribution in [2.75, 3.05) is 0 Å². The number of esters is 2. The van der Waals surface area contributed by atoms with Crippen LogP contribution in [0.25, 0.3) is 0 Å². The van der Waals surface area contributed by atoms with E-state index in [1.165, 1.54) is 0 Å². The fourth-order valence-corrected chi connectivity index (χ4v) is 1.87. The highest BCUT2D eigenvalue weighted by atomic mass is 35.5. The van der Waals surface area contributed by atoms with Crippen molar-refractivity contribution in [3.8, 4) is 0 Å². The van der Waals surface area contributed by atoms with Crippen molar-refractivity contribution in [3.63, 3.8) is 0 Å². The quantitative estimate of drug-likeness (QED) is 0.597. The van der Waals surface area contributed by atoms with E-state index in [0.717, 1.165) is 5.56 Å². The second-order valence-electron chi connectivity index (χ2n) is 5.35. The van der Waals surface area contributed by atoms with Gasteiger partial charge in [0.1, 0.15) is 0 Å². The molecule has 1 rings (SSSR count). The summed E-state index contributed by atoms with van der Waals surface area (Å²) in [6.07, 6.45) is -0.331. The summed E-state index contributed by atoms with van der Waals surface area (Å²) in [5.41, 5.74) is 0.825. The van der Waals surface area contributed by atoms with E-state index in [-0.39, 0.29) is 18.6 Å².